The maximum atomic E-state index is 13.0. The molecule has 1 fully saturated rings. The first-order valence-corrected chi connectivity index (χ1v) is 11.6. The zero-order chi connectivity index (χ0) is 23.1. The van der Waals surface area contributed by atoms with Crippen LogP contribution in [-0.4, -0.2) is 44.0 Å². The number of amides is 3. The Labute approximate surface area is 197 Å². The van der Waals surface area contributed by atoms with Crippen molar-refractivity contribution < 1.29 is 14.4 Å². The normalized spacial score (nSPS) is 17.9. The molecule has 0 saturated carbocycles. The van der Waals surface area contributed by atoms with Crippen molar-refractivity contribution in [2.75, 3.05) is 5.75 Å². The van der Waals surface area contributed by atoms with Crippen molar-refractivity contribution in [3.63, 3.8) is 0 Å². The Hall–Kier alpha value is -3.39. The molecular formula is C25H24N4O3S. The summed E-state index contributed by atoms with van der Waals surface area (Å²) in [7, 11) is 1.97. The number of nitrogens with one attached hydrogen (secondary N) is 1. The van der Waals surface area contributed by atoms with Gasteiger partial charge in [-0.15, -0.1) is 0 Å². The molecule has 0 aliphatic carbocycles. The Morgan fingerprint density at radius 1 is 1.12 bits per heavy atom. The highest BCUT2D eigenvalue weighted by molar-refractivity contribution is 7.80. The molecule has 3 heterocycles. The van der Waals surface area contributed by atoms with Gasteiger partial charge in [-0.1, -0.05) is 24.3 Å². The van der Waals surface area contributed by atoms with Gasteiger partial charge in [-0.3, -0.25) is 19.7 Å². The number of carbonyl (C=O) groups is 3. The van der Waals surface area contributed by atoms with E-state index in [1.807, 2.05) is 35.9 Å². The van der Waals surface area contributed by atoms with Gasteiger partial charge >= 0.3 is 0 Å². The van der Waals surface area contributed by atoms with Gasteiger partial charge in [-0.2, -0.15) is 12.6 Å². The fourth-order valence-electron chi connectivity index (χ4n) is 4.71. The Balaban J connectivity index is 1.48. The fraction of sp³-hybridized carbons (Fsp3) is 0.280. The van der Waals surface area contributed by atoms with Crippen LogP contribution in [0.2, 0.25) is 0 Å². The van der Waals surface area contributed by atoms with E-state index in [4.69, 9.17) is 0 Å². The van der Waals surface area contributed by atoms with Crippen molar-refractivity contribution in [3.8, 4) is 22.5 Å². The number of imide groups is 1. The summed E-state index contributed by atoms with van der Waals surface area (Å²) in [5.74, 6) is -0.0826. The van der Waals surface area contributed by atoms with Crippen molar-refractivity contribution in [1.82, 2.24) is 19.8 Å². The van der Waals surface area contributed by atoms with Crippen LogP contribution in [0.5, 0.6) is 0 Å². The smallest absolute Gasteiger partial charge is 0.255 e. The van der Waals surface area contributed by atoms with Gasteiger partial charge < -0.3 is 9.47 Å². The van der Waals surface area contributed by atoms with Gasteiger partial charge in [0.2, 0.25) is 11.8 Å². The van der Waals surface area contributed by atoms with Crippen molar-refractivity contribution >= 4 is 30.4 Å². The van der Waals surface area contributed by atoms with E-state index in [2.05, 4.69) is 41.1 Å². The summed E-state index contributed by atoms with van der Waals surface area (Å²) in [4.78, 5) is 43.0. The average Bonchev–Trinajstić information content (AvgIpc) is 3.34. The highest BCUT2D eigenvalue weighted by Crippen LogP contribution is 2.35. The van der Waals surface area contributed by atoms with Gasteiger partial charge in [0.25, 0.3) is 5.91 Å². The third-order valence-electron chi connectivity index (χ3n) is 6.33. The second kappa shape index (κ2) is 8.51. The zero-order valence-electron chi connectivity index (χ0n) is 18.2. The number of hydrogen-bond donors (Lipinski definition) is 2. The van der Waals surface area contributed by atoms with Gasteiger partial charge in [0.15, 0.2) is 0 Å². The minimum Gasteiger partial charge on any atom is -0.333 e. The zero-order valence-corrected chi connectivity index (χ0v) is 19.1. The summed E-state index contributed by atoms with van der Waals surface area (Å²) >= 11 is 4.35. The molecule has 2 aromatic carbocycles. The standard InChI is InChI=1S/C25H24N4O3S/c1-28-14-26-22(23(28)17-4-2-3-15(11-17)9-10-33)16-5-6-19-18(12-16)13-29(25(19)32)20-7-8-21(30)27-24(20)31/h2-6,11-12,14,20,33H,7-10,13H2,1H3,(H,27,30,31). The van der Waals surface area contributed by atoms with E-state index >= 15 is 0 Å². The summed E-state index contributed by atoms with van der Waals surface area (Å²) in [6.07, 6.45) is 3.28. The SMILES string of the molecule is Cn1cnc(-c2ccc3c(c2)CN(C2CCC(=O)NC2=O)C3=O)c1-c1cccc(CCS)c1. The van der Waals surface area contributed by atoms with Crippen LogP contribution in [0.25, 0.3) is 22.5 Å². The third kappa shape index (κ3) is 3.84. The molecule has 8 heteroatoms. The molecule has 2 aliphatic heterocycles. The van der Waals surface area contributed by atoms with Crippen LogP contribution >= 0.6 is 12.6 Å². The second-order valence-corrected chi connectivity index (χ2v) is 8.95. The van der Waals surface area contributed by atoms with Gasteiger partial charge in [0, 0.05) is 36.7 Å². The number of carbonyl (C=O) groups excluding carboxylic acids is 3. The molecule has 0 radical (unpaired) electrons. The topological polar surface area (TPSA) is 84.3 Å². The fourth-order valence-corrected chi connectivity index (χ4v) is 4.97. The van der Waals surface area contributed by atoms with E-state index in [0.29, 0.717) is 18.5 Å². The summed E-state index contributed by atoms with van der Waals surface area (Å²) < 4.78 is 2.00. The van der Waals surface area contributed by atoms with Crippen LogP contribution in [0.4, 0.5) is 0 Å². The Kier molecular flexibility index (Phi) is 5.54. The van der Waals surface area contributed by atoms with Crippen molar-refractivity contribution in [2.45, 2.75) is 31.8 Å². The molecule has 33 heavy (non-hydrogen) atoms. The lowest BCUT2D eigenvalue weighted by Gasteiger charge is -2.29. The van der Waals surface area contributed by atoms with Crippen LogP contribution in [0.1, 0.15) is 34.3 Å². The lowest BCUT2D eigenvalue weighted by Crippen LogP contribution is -2.52. The molecular weight excluding hydrogens is 436 g/mol. The highest BCUT2D eigenvalue weighted by atomic mass is 32.1. The number of fused-ring (bicyclic) bond motifs is 1. The molecule has 3 aromatic rings. The number of aryl methyl sites for hydroxylation is 2. The maximum absolute atomic E-state index is 13.0. The number of hydrogen-bond acceptors (Lipinski definition) is 5. The second-order valence-electron chi connectivity index (χ2n) is 8.50. The van der Waals surface area contributed by atoms with E-state index in [-0.39, 0.29) is 18.2 Å². The quantitative estimate of drug-likeness (QED) is 0.453. The highest BCUT2D eigenvalue weighted by Gasteiger charge is 2.39. The third-order valence-corrected chi connectivity index (χ3v) is 6.56. The van der Waals surface area contributed by atoms with E-state index < -0.39 is 11.9 Å². The Morgan fingerprint density at radius 3 is 2.76 bits per heavy atom. The first-order chi connectivity index (χ1) is 16.0. The van der Waals surface area contributed by atoms with Crippen LogP contribution < -0.4 is 5.32 Å². The van der Waals surface area contributed by atoms with Gasteiger partial charge in [0.05, 0.1) is 17.7 Å². The monoisotopic (exact) mass is 460 g/mol. The predicted molar refractivity (Wildman–Crippen MR) is 128 cm³/mol. The van der Waals surface area contributed by atoms with Crippen LogP contribution in [0.3, 0.4) is 0 Å². The molecule has 2 aliphatic rings. The molecule has 1 aromatic heterocycles. The number of thiol groups is 1. The molecule has 7 nitrogen and oxygen atoms in total. The van der Waals surface area contributed by atoms with Gasteiger partial charge in [-0.05, 0) is 47.9 Å². The maximum Gasteiger partial charge on any atom is 0.255 e. The number of piperidine rings is 1. The molecule has 5 rings (SSSR count). The summed E-state index contributed by atoms with van der Waals surface area (Å²) in [6.45, 7) is 0.341. The molecule has 1 atom stereocenters. The number of rotatable bonds is 5. The summed E-state index contributed by atoms with van der Waals surface area (Å²) in [5.41, 5.74) is 6.51. The molecule has 0 spiro atoms. The first kappa shape index (κ1) is 21.5. The summed E-state index contributed by atoms with van der Waals surface area (Å²) in [5, 5.41) is 2.34. The van der Waals surface area contributed by atoms with E-state index in [9.17, 15) is 14.4 Å². The Bertz CT molecular complexity index is 1280. The van der Waals surface area contributed by atoms with Crippen LogP contribution in [0, 0.1) is 0 Å². The number of imidazole rings is 1. The Morgan fingerprint density at radius 2 is 1.97 bits per heavy atom. The average molecular weight is 461 g/mol. The molecule has 168 valence electrons. The number of aromatic nitrogens is 2. The molecule has 3 amide bonds. The molecule has 1 N–H and O–H groups in total. The van der Waals surface area contributed by atoms with E-state index in [0.717, 1.165) is 40.3 Å². The van der Waals surface area contributed by atoms with Crippen LogP contribution in [-0.2, 0) is 29.6 Å². The molecule has 1 saturated heterocycles. The van der Waals surface area contributed by atoms with E-state index in [1.165, 1.54) is 5.56 Å². The number of benzene rings is 2. The van der Waals surface area contributed by atoms with Gasteiger partial charge in [0.1, 0.15) is 6.04 Å². The minimum atomic E-state index is -0.619. The lowest BCUT2D eigenvalue weighted by molar-refractivity contribution is -0.136. The van der Waals surface area contributed by atoms with Gasteiger partial charge in [-0.25, -0.2) is 4.98 Å². The van der Waals surface area contributed by atoms with Crippen molar-refractivity contribution in [1.29, 1.82) is 0 Å². The van der Waals surface area contributed by atoms with Crippen molar-refractivity contribution in [3.05, 3.63) is 65.5 Å². The number of nitrogens with zero attached hydrogens (tertiary/aromatic N) is 3. The first-order valence-electron chi connectivity index (χ1n) is 11.0. The van der Waals surface area contributed by atoms with Crippen molar-refractivity contribution in [2.24, 2.45) is 7.05 Å². The molecule has 1 unspecified atom stereocenters. The largest absolute Gasteiger partial charge is 0.333 e. The lowest BCUT2D eigenvalue weighted by atomic mass is 9.99. The predicted octanol–water partition coefficient (Wildman–Crippen LogP) is 2.99. The molecule has 0 bridgehead atoms. The van der Waals surface area contributed by atoms with E-state index in [1.54, 1.807) is 11.2 Å². The van der Waals surface area contributed by atoms with Crippen LogP contribution in [0.15, 0.2) is 48.8 Å². The summed E-state index contributed by atoms with van der Waals surface area (Å²) in [6, 6.07) is 13.5. The minimum absolute atomic E-state index is 0.174.